The van der Waals surface area contributed by atoms with Gasteiger partial charge in [-0.25, -0.2) is 8.78 Å². The summed E-state index contributed by atoms with van der Waals surface area (Å²) in [6.07, 6.45) is -0.472. The number of hydrogen-bond donors (Lipinski definition) is 2. The van der Waals surface area contributed by atoms with E-state index in [2.05, 4.69) is 24.1 Å². The van der Waals surface area contributed by atoms with Gasteiger partial charge in [-0.15, -0.1) is 0 Å². The first-order chi connectivity index (χ1) is 14.8. The number of anilines is 2. The van der Waals surface area contributed by atoms with Gasteiger partial charge in [0.05, 0.1) is 12.3 Å². The van der Waals surface area contributed by atoms with E-state index in [9.17, 15) is 18.4 Å². The third-order valence-corrected chi connectivity index (χ3v) is 5.56. The number of benzene rings is 1. The summed E-state index contributed by atoms with van der Waals surface area (Å²) in [6.45, 7) is 6.25. The van der Waals surface area contributed by atoms with Crippen molar-refractivity contribution in [3.05, 3.63) is 23.8 Å². The van der Waals surface area contributed by atoms with E-state index in [-0.39, 0.29) is 55.1 Å². The smallest absolute Gasteiger partial charge is 0.265 e. The van der Waals surface area contributed by atoms with Crippen molar-refractivity contribution in [2.75, 3.05) is 49.6 Å². The fourth-order valence-corrected chi connectivity index (χ4v) is 3.90. The number of carbonyl (C=O) groups is 2. The van der Waals surface area contributed by atoms with Crippen molar-refractivity contribution in [1.82, 2.24) is 4.90 Å². The molecular weight excluding hydrogens is 406 g/mol. The van der Waals surface area contributed by atoms with E-state index in [4.69, 9.17) is 10.5 Å². The molecule has 0 unspecified atom stereocenters. The summed E-state index contributed by atoms with van der Waals surface area (Å²) in [5.41, 5.74) is 6.05. The van der Waals surface area contributed by atoms with Gasteiger partial charge in [0.15, 0.2) is 0 Å². The number of nitrogens with two attached hydrogens (primary N) is 1. The Hall–Kier alpha value is -2.10. The summed E-state index contributed by atoms with van der Waals surface area (Å²) < 4.78 is 32.6. The second kappa shape index (κ2) is 10.5. The minimum atomic E-state index is -2.79. The van der Waals surface area contributed by atoms with Crippen LogP contribution in [0, 0.1) is 11.8 Å². The summed E-state index contributed by atoms with van der Waals surface area (Å²) >= 11 is 0. The number of carbonyl (C=O) groups excluding carboxylic acids is 2. The maximum Gasteiger partial charge on any atom is 0.265 e. The Morgan fingerprint density at radius 1 is 1.35 bits per heavy atom. The van der Waals surface area contributed by atoms with Crippen LogP contribution in [-0.2, 0) is 14.3 Å². The van der Waals surface area contributed by atoms with Crippen molar-refractivity contribution in [1.29, 1.82) is 0 Å². The molecular formula is C22H32F2N4O3. The molecule has 3 N–H and O–H groups in total. The monoisotopic (exact) mass is 438 g/mol. The maximum atomic E-state index is 13.8. The molecule has 1 saturated heterocycles. The van der Waals surface area contributed by atoms with Gasteiger partial charge in [-0.2, -0.15) is 0 Å². The molecule has 31 heavy (non-hydrogen) atoms. The fourth-order valence-electron chi connectivity index (χ4n) is 3.90. The van der Waals surface area contributed by atoms with Crippen molar-refractivity contribution in [3.8, 4) is 0 Å². The molecule has 0 radical (unpaired) electrons. The highest BCUT2D eigenvalue weighted by Gasteiger charge is 2.32. The number of rotatable bonds is 10. The Labute approximate surface area is 181 Å². The predicted octanol–water partition coefficient (Wildman–Crippen LogP) is 2.62. The van der Waals surface area contributed by atoms with Crippen LogP contribution in [0.2, 0.25) is 0 Å². The highest BCUT2D eigenvalue weighted by atomic mass is 19.3. The summed E-state index contributed by atoms with van der Waals surface area (Å²) in [7, 11) is 0. The van der Waals surface area contributed by atoms with Crippen molar-refractivity contribution >= 4 is 23.2 Å². The highest BCUT2D eigenvalue weighted by molar-refractivity contribution is 5.97. The van der Waals surface area contributed by atoms with Crippen LogP contribution in [0.25, 0.3) is 0 Å². The second-order valence-corrected chi connectivity index (χ2v) is 8.70. The number of amides is 2. The molecule has 0 aromatic heterocycles. The Bertz CT molecular complexity index is 782. The van der Waals surface area contributed by atoms with E-state index in [0.29, 0.717) is 11.8 Å². The van der Waals surface area contributed by atoms with Crippen molar-refractivity contribution in [2.24, 2.45) is 17.6 Å². The summed E-state index contributed by atoms with van der Waals surface area (Å²) in [5, 5.41) is 2.75. The van der Waals surface area contributed by atoms with E-state index < -0.39 is 12.5 Å². The molecule has 1 aliphatic carbocycles. The molecule has 1 aliphatic heterocycles. The number of hydrogen-bond acceptors (Lipinski definition) is 5. The molecule has 1 aromatic carbocycles. The standard InChI is InChI=1S/C22H32F2N4O3/c1-14(2)11-27(12-15-3-4-15)19(10-25)22(30)26-16-5-6-18(17(9-16)21(23)24)28-7-8-31-13-20(28)29/h5-6,9,14-15,19,21H,3-4,7-8,10-13,25H2,1-2H3,(H,26,30)/t19-/m1/s1. The molecule has 0 bridgehead atoms. The molecule has 2 fully saturated rings. The maximum absolute atomic E-state index is 13.8. The van der Waals surface area contributed by atoms with E-state index >= 15 is 0 Å². The molecule has 1 aromatic rings. The average molecular weight is 439 g/mol. The number of nitrogens with zero attached hydrogens (tertiary/aromatic N) is 2. The van der Waals surface area contributed by atoms with Gasteiger partial charge in [-0.3, -0.25) is 14.5 Å². The van der Waals surface area contributed by atoms with Crippen LogP contribution >= 0.6 is 0 Å². The fraction of sp³-hybridized carbons (Fsp3) is 0.636. The van der Waals surface area contributed by atoms with Gasteiger partial charge in [0.1, 0.15) is 12.6 Å². The molecule has 7 nitrogen and oxygen atoms in total. The highest BCUT2D eigenvalue weighted by Crippen LogP contribution is 2.34. The second-order valence-electron chi connectivity index (χ2n) is 8.70. The van der Waals surface area contributed by atoms with Crippen molar-refractivity contribution in [3.63, 3.8) is 0 Å². The average Bonchev–Trinajstić information content (AvgIpc) is 3.52. The largest absolute Gasteiger partial charge is 0.370 e. The molecule has 1 saturated carbocycles. The number of nitrogens with one attached hydrogen (secondary N) is 1. The van der Waals surface area contributed by atoms with E-state index in [0.717, 1.165) is 25.9 Å². The number of ether oxygens (including phenoxy) is 1. The quantitative estimate of drug-likeness (QED) is 0.586. The number of morpholine rings is 1. The van der Waals surface area contributed by atoms with Crippen LogP contribution in [0.15, 0.2) is 18.2 Å². The van der Waals surface area contributed by atoms with Crippen LogP contribution in [-0.4, -0.2) is 62.1 Å². The Balaban J connectivity index is 1.77. The van der Waals surface area contributed by atoms with E-state index in [1.165, 1.54) is 17.0 Å². The van der Waals surface area contributed by atoms with Gasteiger partial charge in [0.25, 0.3) is 12.3 Å². The van der Waals surface area contributed by atoms with E-state index in [1.54, 1.807) is 6.07 Å². The minimum absolute atomic E-state index is 0.133. The van der Waals surface area contributed by atoms with Crippen LogP contribution in [0.3, 0.4) is 0 Å². The summed E-state index contributed by atoms with van der Waals surface area (Å²) in [4.78, 5) is 28.5. The molecule has 172 valence electrons. The van der Waals surface area contributed by atoms with Crippen molar-refractivity contribution in [2.45, 2.75) is 39.2 Å². The Morgan fingerprint density at radius 2 is 2.10 bits per heavy atom. The van der Waals surface area contributed by atoms with Crippen LogP contribution in [0.5, 0.6) is 0 Å². The number of halogens is 2. The lowest BCUT2D eigenvalue weighted by Gasteiger charge is -2.32. The van der Waals surface area contributed by atoms with Crippen molar-refractivity contribution < 1.29 is 23.1 Å². The van der Waals surface area contributed by atoms with Gasteiger partial charge in [0, 0.05) is 37.4 Å². The molecule has 1 atom stereocenters. The summed E-state index contributed by atoms with van der Waals surface area (Å²) in [6, 6.07) is 3.71. The first-order valence-electron chi connectivity index (χ1n) is 10.8. The molecule has 2 aliphatic rings. The van der Waals surface area contributed by atoms with Crippen LogP contribution in [0.1, 0.15) is 38.7 Å². The van der Waals surface area contributed by atoms with Gasteiger partial charge >= 0.3 is 0 Å². The zero-order valence-corrected chi connectivity index (χ0v) is 18.2. The van der Waals surface area contributed by atoms with Gasteiger partial charge in [0.2, 0.25) is 5.91 Å². The van der Waals surface area contributed by atoms with Crippen LogP contribution in [0.4, 0.5) is 20.2 Å². The SMILES string of the molecule is CC(C)CN(CC1CC1)[C@H](CN)C(=O)Nc1ccc(N2CCOCC2=O)c(C(F)F)c1. The molecule has 2 amide bonds. The first kappa shape index (κ1) is 23.6. The Kier molecular flexibility index (Phi) is 7.96. The molecule has 0 spiro atoms. The third-order valence-electron chi connectivity index (χ3n) is 5.56. The molecule has 1 heterocycles. The van der Waals surface area contributed by atoms with Gasteiger partial charge in [-0.1, -0.05) is 13.8 Å². The zero-order valence-electron chi connectivity index (χ0n) is 18.2. The van der Waals surface area contributed by atoms with Crippen LogP contribution < -0.4 is 16.0 Å². The Morgan fingerprint density at radius 3 is 2.68 bits per heavy atom. The lowest BCUT2D eigenvalue weighted by atomic mass is 10.1. The van der Waals surface area contributed by atoms with E-state index in [1.807, 2.05) is 0 Å². The molecule has 3 rings (SSSR count). The minimum Gasteiger partial charge on any atom is -0.370 e. The lowest BCUT2D eigenvalue weighted by Crippen LogP contribution is -2.50. The van der Waals surface area contributed by atoms with Gasteiger partial charge in [-0.05, 0) is 42.9 Å². The van der Waals surface area contributed by atoms with Gasteiger partial charge < -0.3 is 20.7 Å². The topological polar surface area (TPSA) is 87.9 Å². The zero-order chi connectivity index (χ0) is 22.5. The normalized spacial score (nSPS) is 18.2. The number of alkyl halides is 2. The predicted molar refractivity (Wildman–Crippen MR) is 115 cm³/mol. The first-order valence-corrected chi connectivity index (χ1v) is 10.8. The lowest BCUT2D eigenvalue weighted by molar-refractivity contribution is -0.125. The molecule has 9 heteroatoms. The summed E-state index contributed by atoms with van der Waals surface area (Å²) in [5.74, 6) is 0.296. The third kappa shape index (κ3) is 6.21.